The van der Waals surface area contributed by atoms with Crippen molar-refractivity contribution in [2.75, 3.05) is 23.9 Å². The zero-order valence-electron chi connectivity index (χ0n) is 9.03. The summed E-state index contributed by atoms with van der Waals surface area (Å²) in [4.78, 5) is 11.2. The molecule has 1 atom stereocenters. The van der Waals surface area contributed by atoms with E-state index in [0.29, 0.717) is 11.4 Å². The first-order chi connectivity index (χ1) is 7.70. The number of carbonyl (C=O) groups excluding carboxylic acids is 1. The van der Waals surface area contributed by atoms with Gasteiger partial charge in [-0.25, -0.2) is 0 Å². The number of thioether (sulfide) groups is 1. The molecule has 0 saturated carbocycles. The highest BCUT2D eigenvalue weighted by Crippen LogP contribution is 2.30. The van der Waals surface area contributed by atoms with Crippen LogP contribution in [0.5, 0.6) is 5.75 Å². The highest BCUT2D eigenvalue weighted by atomic mass is 32.2. The molecule has 5 heteroatoms. The SMILES string of the molecule is CSCC(N)c1ccc2c(c1)NC(=O)CO2. The van der Waals surface area contributed by atoms with Crippen LogP contribution in [0.25, 0.3) is 0 Å². The predicted molar refractivity (Wildman–Crippen MR) is 65.9 cm³/mol. The summed E-state index contributed by atoms with van der Waals surface area (Å²) in [5.41, 5.74) is 7.73. The van der Waals surface area contributed by atoms with Crippen LogP contribution >= 0.6 is 11.8 Å². The van der Waals surface area contributed by atoms with E-state index in [1.54, 1.807) is 11.8 Å². The molecule has 0 spiro atoms. The Hall–Kier alpha value is -1.20. The molecule has 1 aliphatic rings. The highest BCUT2D eigenvalue weighted by molar-refractivity contribution is 7.98. The summed E-state index contributed by atoms with van der Waals surface area (Å²) >= 11 is 1.70. The Morgan fingerprint density at radius 2 is 2.44 bits per heavy atom. The normalized spacial score (nSPS) is 16.0. The number of ether oxygens (including phenoxy) is 1. The van der Waals surface area contributed by atoms with E-state index in [0.717, 1.165) is 11.3 Å². The summed E-state index contributed by atoms with van der Waals surface area (Å²) in [6.07, 6.45) is 2.02. The quantitative estimate of drug-likeness (QED) is 0.835. The van der Waals surface area contributed by atoms with Gasteiger partial charge in [0.25, 0.3) is 5.91 Å². The molecule has 0 saturated heterocycles. The molecule has 0 radical (unpaired) electrons. The van der Waals surface area contributed by atoms with Gasteiger partial charge in [0, 0.05) is 11.8 Å². The molecule has 2 rings (SSSR count). The van der Waals surface area contributed by atoms with E-state index in [4.69, 9.17) is 10.5 Å². The average molecular weight is 238 g/mol. The standard InChI is InChI=1S/C11H14N2O2S/c1-16-6-8(12)7-2-3-10-9(4-7)13-11(14)5-15-10/h2-4,8H,5-6,12H2,1H3,(H,13,14). The maximum Gasteiger partial charge on any atom is 0.262 e. The van der Waals surface area contributed by atoms with Gasteiger partial charge in [-0.05, 0) is 24.0 Å². The van der Waals surface area contributed by atoms with Crippen molar-refractivity contribution in [1.29, 1.82) is 0 Å². The van der Waals surface area contributed by atoms with Crippen molar-refractivity contribution in [2.24, 2.45) is 5.73 Å². The predicted octanol–water partition coefficient (Wildman–Crippen LogP) is 1.38. The molecule has 0 aromatic heterocycles. The lowest BCUT2D eigenvalue weighted by Gasteiger charge is -2.20. The molecule has 86 valence electrons. The van der Waals surface area contributed by atoms with Crippen LogP contribution in [-0.4, -0.2) is 24.5 Å². The number of hydrogen-bond donors (Lipinski definition) is 2. The number of hydrogen-bond acceptors (Lipinski definition) is 4. The van der Waals surface area contributed by atoms with Crippen molar-refractivity contribution in [1.82, 2.24) is 0 Å². The zero-order chi connectivity index (χ0) is 11.5. The van der Waals surface area contributed by atoms with Gasteiger partial charge in [-0.3, -0.25) is 4.79 Å². The number of fused-ring (bicyclic) bond motifs is 1. The van der Waals surface area contributed by atoms with Crippen molar-refractivity contribution in [2.45, 2.75) is 6.04 Å². The molecule has 3 N–H and O–H groups in total. The fourth-order valence-corrected chi connectivity index (χ4v) is 2.16. The van der Waals surface area contributed by atoms with E-state index in [2.05, 4.69) is 5.32 Å². The van der Waals surface area contributed by atoms with Crippen LogP contribution in [0.15, 0.2) is 18.2 Å². The van der Waals surface area contributed by atoms with Crippen molar-refractivity contribution in [3.05, 3.63) is 23.8 Å². The summed E-state index contributed by atoms with van der Waals surface area (Å²) in [5, 5.41) is 2.77. The first kappa shape index (κ1) is 11.3. The second kappa shape index (κ2) is 4.76. The molecule has 16 heavy (non-hydrogen) atoms. The van der Waals surface area contributed by atoms with E-state index >= 15 is 0 Å². The Kier molecular flexibility index (Phi) is 3.36. The van der Waals surface area contributed by atoms with Crippen molar-refractivity contribution in [3.8, 4) is 5.75 Å². The van der Waals surface area contributed by atoms with Gasteiger partial charge in [0.1, 0.15) is 5.75 Å². The van der Waals surface area contributed by atoms with Crippen LogP contribution < -0.4 is 15.8 Å². The third-order valence-corrected chi connectivity index (χ3v) is 3.10. The molecule has 4 nitrogen and oxygen atoms in total. The number of nitrogens with two attached hydrogens (primary N) is 1. The monoisotopic (exact) mass is 238 g/mol. The van der Waals surface area contributed by atoms with Gasteiger partial charge in [0.15, 0.2) is 6.61 Å². The lowest BCUT2D eigenvalue weighted by Crippen LogP contribution is -2.25. The summed E-state index contributed by atoms with van der Waals surface area (Å²) in [6, 6.07) is 5.66. The highest BCUT2D eigenvalue weighted by Gasteiger charge is 2.17. The first-order valence-corrected chi connectivity index (χ1v) is 6.41. The largest absolute Gasteiger partial charge is 0.482 e. The maximum atomic E-state index is 11.2. The van der Waals surface area contributed by atoms with E-state index in [9.17, 15) is 4.79 Å². The molecule has 1 aromatic rings. The van der Waals surface area contributed by atoms with Crippen LogP contribution in [-0.2, 0) is 4.79 Å². The van der Waals surface area contributed by atoms with Gasteiger partial charge >= 0.3 is 0 Å². The van der Waals surface area contributed by atoms with Gasteiger partial charge in [-0.2, -0.15) is 11.8 Å². The fraction of sp³-hybridized carbons (Fsp3) is 0.364. The van der Waals surface area contributed by atoms with Crippen LogP contribution in [0.4, 0.5) is 5.69 Å². The summed E-state index contributed by atoms with van der Waals surface area (Å²) < 4.78 is 5.27. The number of carbonyl (C=O) groups is 1. The van der Waals surface area contributed by atoms with E-state index < -0.39 is 0 Å². The third-order valence-electron chi connectivity index (χ3n) is 2.41. The molecular formula is C11H14N2O2S. The van der Waals surface area contributed by atoms with Crippen molar-refractivity contribution in [3.63, 3.8) is 0 Å². The summed E-state index contributed by atoms with van der Waals surface area (Å²) in [6.45, 7) is 0.0865. The van der Waals surface area contributed by atoms with Gasteiger partial charge in [-0.15, -0.1) is 0 Å². The van der Waals surface area contributed by atoms with E-state index in [1.807, 2.05) is 24.5 Å². The molecule has 0 aliphatic carbocycles. The van der Waals surface area contributed by atoms with Gasteiger partial charge < -0.3 is 15.8 Å². The Morgan fingerprint density at radius 3 is 3.19 bits per heavy atom. The molecule has 1 amide bonds. The van der Waals surface area contributed by atoms with Gasteiger partial charge in [0.05, 0.1) is 5.69 Å². The molecule has 1 unspecified atom stereocenters. The van der Waals surface area contributed by atoms with E-state index in [-0.39, 0.29) is 18.6 Å². The molecular weight excluding hydrogens is 224 g/mol. The Balaban J connectivity index is 2.24. The van der Waals surface area contributed by atoms with E-state index in [1.165, 1.54) is 0 Å². The molecule has 0 bridgehead atoms. The van der Waals surface area contributed by atoms with Crippen LogP contribution in [0.1, 0.15) is 11.6 Å². The van der Waals surface area contributed by atoms with Crippen molar-refractivity contribution < 1.29 is 9.53 Å². The molecule has 1 heterocycles. The number of rotatable bonds is 3. The first-order valence-electron chi connectivity index (χ1n) is 5.02. The Labute approximate surface area is 98.5 Å². The topological polar surface area (TPSA) is 64.3 Å². The van der Waals surface area contributed by atoms with Crippen molar-refractivity contribution >= 4 is 23.4 Å². The number of nitrogens with one attached hydrogen (secondary N) is 1. The third kappa shape index (κ3) is 2.31. The van der Waals surface area contributed by atoms with Crippen LogP contribution in [0, 0.1) is 0 Å². The van der Waals surface area contributed by atoms with Gasteiger partial charge in [-0.1, -0.05) is 6.07 Å². The minimum Gasteiger partial charge on any atom is -0.482 e. The molecule has 0 fully saturated rings. The Morgan fingerprint density at radius 1 is 1.62 bits per heavy atom. The molecule has 1 aliphatic heterocycles. The summed E-state index contributed by atoms with van der Waals surface area (Å²) in [5.74, 6) is 1.44. The maximum absolute atomic E-state index is 11.2. The zero-order valence-corrected chi connectivity index (χ0v) is 9.84. The number of anilines is 1. The minimum atomic E-state index is -0.122. The number of amides is 1. The average Bonchev–Trinajstić information content (AvgIpc) is 2.28. The minimum absolute atomic E-state index is 0.0147. The smallest absolute Gasteiger partial charge is 0.262 e. The number of benzene rings is 1. The summed E-state index contributed by atoms with van der Waals surface area (Å²) in [7, 11) is 0. The van der Waals surface area contributed by atoms with Crippen LogP contribution in [0.3, 0.4) is 0 Å². The second-order valence-electron chi connectivity index (χ2n) is 3.65. The lowest BCUT2D eigenvalue weighted by atomic mass is 10.1. The Bertz CT molecular complexity index is 409. The second-order valence-corrected chi connectivity index (χ2v) is 4.56. The fourth-order valence-electron chi connectivity index (χ4n) is 1.61. The lowest BCUT2D eigenvalue weighted by molar-refractivity contribution is -0.118. The van der Waals surface area contributed by atoms with Gasteiger partial charge in [0.2, 0.25) is 0 Å². The van der Waals surface area contributed by atoms with Crippen LogP contribution in [0.2, 0.25) is 0 Å². The molecule has 1 aromatic carbocycles.